The molecule has 2 saturated carbocycles. The average Bonchev–Trinajstić information content (AvgIpc) is 3.11. The summed E-state index contributed by atoms with van der Waals surface area (Å²) in [5.41, 5.74) is 0. The molecule has 2 bridgehead atoms. The predicted octanol–water partition coefficient (Wildman–Crippen LogP) is 1.36. The lowest BCUT2D eigenvalue weighted by atomic mass is 9.88. The Hall–Kier alpha value is -1.10. The number of carbonyl (C=O) groups excluding carboxylic acids is 2. The van der Waals surface area contributed by atoms with E-state index in [1.165, 1.54) is 19.3 Å². The van der Waals surface area contributed by atoms with E-state index in [0.29, 0.717) is 18.3 Å². The number of rotatable bonds is 4. The molecule has 0 N–H and O–H groups in total. The molecule has 0 aromatic carbocycles. The van der Waals surface area contributed by atoms with Gasteiger partial charge in [-0.3, -0.25) is 9.59 Å². The number of likely N-dealkylation sites (tertiary alicyclic amines) is 1. The van der Waals surface area contributed by atoms with Gasteiger partial charge in [0, 0.05) is 18.4 Å². The SMILES string of the molecule is O=C(CCN1CCCCC1)OC1C2CC3C(=O)OC1C3C2. The fourth-order valence-electron chi connectivity index (χ4n) is 4.71. The number of hydrogen-bond donors (Lipinski definition) is 0. The molecule has 21 heavy (non-hydrogen) atoms. The van der Waals surface area contributed by atoms with E-state index in [0.717, 1.165) is 32.5 Å². The first-order valence-corrected chi connectivity index (χ1v) is 8.35. The van der Waals surface area contributed by atoms with Crippen LogP contribution in [0.5, 0.6) is 0 Å². The highest BCUT2D eigenvalue weighted by Crippen LogP contribution is 2.55. The molecule has 4 rings (SSSR count). The molecule has 4 fully saturated rings. The smallest absolute Gasteiger partial charge is 0.309 e. The first kappa shape index (κ1) is 13.6. The van der Waals surface area contributed by atoms with Crippen molar-refractivity contribution in [1.29, 1.82) is 0 Å². The van der Waals surface area contributed by atoms with Crippen molar-refractivity contribution >= 4 is 11.9 Å². The molecule has 2 aliphatic heterocycles. The van der Waals surface area contributed by atoms with Crippen LogP contribution in [0, 0.1) is 17.8 Å². The number of esters is 2. The number of piperidine rings is 1. The molecule has 0 spiro atoms. The third-order valence-corrected chi connectivity index (χ3v) is 5.76. The minimum Gasteiger partial charge on any atom is -0.458 e. The largest absolute Gasteiger partial charge is 0.458 e. The van der Waals surface area contributed by atoms with Crippen LogP contribution in [0.3, 0.4) is 0 Å². The standard InChI is InChI=1S/C16H23NO4/c18-13(4-7-17-5-2-1-3-6-17)20-14-10-8-11-12(9-10)16(19)21-15(11)14/h10-12,14-15H,1-9H2. The Morgan fingerprint density at radius 1 is 1.24 bits per heavy atom. The highest BCUT2D eigenvalue weighted by molar-refractivity contribution is 5.77. The minimum atomic E-state index is -0.174. The Morgan fingerprint density at radius 3 is 2.86 bits per heavy atom. The van der Waals surface area contributed by atoms with Crippen LogP contribution in [0.2, 0.25) is 0 Å². The summed E-state index contributed by atoms with van der Waals surface area (Å²) in [4.78, 5) is 26.1. The van der Waals surface area contributed by atoms with Crippen molar-refractivity contribution in [2.24, 2.45) is 17.8 Å². The van der Waals surface area contributed by atoms with Crippen molar-refractivity contribution in [2.75, 3.05) is 19.6 Å². The molecule has 5 atom stereocenters. The van der Waals surface area contributed by atoms with Crippen molar-refractivity contribution < 1.29 is 19.1 Å². The number of hydrogen-bond acceptors (Lipinski definition) is 5. The van der Waals surface area contributed by atoms with Gasteiger partial charge in [-0.15, -0.1) is 0 Å². The second-order valence-corrected chi connectivity index (χ2v) is 7.01. The van der Waals surface area contributed by atoms with Crippen LogP contribution >= 0.6 is 0 Å². The summed E-state index contributed by atoms with van der Waals surface area (Å²) in [5, 5.41) is 0. The monoisotopic (exact) mass is 293 g/mol. The van der Waals surface area contributed by atoms with Crippen LogP contribution in [-0.4, -0.2) is 48.7 Å². The van der Waals surface area contributed by atoms with Crippen molar-refractivity contribution in [1.82, 2.24) is 4.90 Å². The van der Waals surface area contributed by atoms with Crippen molar-refractivity contribution in [3.8, 4) is 0 Å². The summed E-state index contributed by atoms with van der Waals surface area (Å²) in [5.74, 6) is 0.540. The zero-order valence-electron chi connectivity index (χ0n) is 12.3. The van der Waals surface area contributed by atoms with Gasteiger partial charge in [-0.2, -0.15) is 0 Å². The Labute approximate surface area is 125 Å². The van der Waals surface area contributed by atoms with E-state index >= 15 is 0 Å². The third kappa shape index (κ3) is 2.35. The lowest BCUT2D eigenvalue weighted by molar-refractivity contribution is -0.162. The van der Waals surface area contributed by atoms with Crippen LogP contribution in [0.25, 0.3) is 0 Å². The molecule has 2 saturated heterocycles. The van der Waals surface area contributed by atoms with Gasteiger partial charge in [-0.1, -0.05) is 6.42 Å². The summed E-state index contributed by atoms with van der Waals surface area (Å²) in [6.45, 7) is 3.00. The molecule has 0 aromatic rings. The van der Waals surface area contributed by atoms with Gasteiger partial charge in [0.15, 0.2) is 0 Å². The van der Waals surface area contributed by atoms with E-state index in [-0.39, 0.29) is 30.1 Å². The molecular formula is C16H23NO4. The van der Waals surface area contributed by atoms with Crippen LogP contribution in [0.1, 0.15) is 38.5 Å². The maximum absolute atomic E-state index is 12.1. The van der Waals surface area contributed by atoms with E-state index in [4.69, 9.17) is 9.47 Å². The van der Waals surface area contributed by atoms with Crippen LogP contribution in [0.4, 0.5) is 0 Å². The minimum absolute atomic E-state index is 0.0700. The van der Waals surface area contributed by atoms with E-state index < -0.39 is 0 Å². The molecule has 5 unspecified atom stereocenters. The fraction of sp³-hybridized carbons (Fsp3) is 0.875. The van der Waals surface area contributed by atoms with Crippen LogP contribution < -0.4 is 0 Å². The molecule has 116 valence electrons. The van der Waals surface area contributed by atoms with Crippen molar-refractivity contribution in [3.05, 3.63) is 0 Å². The van der Waals surface area contributed by atoms with Gasteiger partial charge in [-0.25, -0.2) is 0 Å². The first-order chi connectivity index (χ1) is 10.2. The number of carbonyl (C=O) groups is 2. The van der Waals surface area contributed by atoms with Gasteiger partial charge in [0.25, 0.3) is 0 Å². The van der Waals surface area contributed by atoms with Gasteiger partial charge in [-0.05, 0) is 38.8 Å². The van der Waals surface area contributed by atoms with Gasteiger partial charge in [0.2, 0.25) is 0 Å². The Balaban J connectivity index is 1.28. The second-order valence-electron chi connectivity index (χ2n) is 7.01. The Bertz CT molecular complexity index is 446. The van der Waals surface area contributed by atoms with Crippen molar-refractivity contribution in [3.63, 3.8) is 0 Å². The van der Waals surface area contributed by atoms with Crippen molar-refractivity contribution in [2.45, 2.75) is 50.7 Å². The summed E-state index contributed by atoms with van der Waals surface area (Å²) in [6, 6.07) is 0. The molecule has 4 aliphatic rings. The van der Waals surface area contributed by atoms with Gasteiger partial charge >= 0.3 is 11.9 Å². The predicted molar refractivity (Wildman–Crippen MR) is 74.4 cm³/mol. The fourth-order valence-corrected chi connectivity index (χ4v) is 4.71. The zero-order valence-corrected chi connectivity index (χ0v) is 12.3. The Morgan fingerprint density at radius 2 is 2.05 bits per heavy atom. The summed E-state index contributed by atoms with van der Waals surface area (Å²) in [7, 11) is 0. The van der Waals surface area contributed by atoms with Gasteiger partial charge < -0.3 is 14.4 Å². The zero-order chi connectivity index (χ0) is 14.4. The highest BCUT2D eigenvalue weighted by Gasteiger charge is 2.63. The number of ether oxygens (including phenoxy) is 2. The highest BCUT2D eigenvalue weighted by atomic mass is 16.6. The Kier molecular flexibility index (Phi) is 3.40. The lowest BCUT2D eigenvalue weighted by Crippen LogP contribution is -2.37. The topological polar surface area (TPSA) is 55.8 Å². The second kappa shape index (κ2) is 5.27. The summed E-state index contributed by atoms with van der Waals surface area (Å²) >= 11 is 0. The van der Waals surface area contributed by atoms with E-state index in [2.05, 4.69) is 4.90 Å². The van der Waals surface area contributed by atoms with E-state index in [9.17, 15) is 9.59 Å². The molecular weight excluding hydrogens is 270 g/mol. The van der Waals surface area contributed by atoms with E-state index in [1.54, 1.807) is 0 Å². The van der Waals surface area contributed by atoms with Gasteiger partial charge in [0.05, 0.1) is 12.3 Å². The molecule has 0 radical (unpaired) electrons. The maximum Gasteiger partial charge on any atom is 0.309 e. The number of fused-ring (bicyclic) bond motifs is 1. The van der Waals surface area contributed by atoms with Crippen LogP contribution in [0.15, 0.2) is 0 Å². The maximum atomic E-state index is 12.1. The average molecular weight is 293 g/mol. The molecule has 0 amide bonds. The third-order valence-electron chi connectivity index (χ3n) is 5.76. The van der Waals surface area contributed by atoms with E-state index in [1.807, 2.05) is 0 Å². The molecule has 2 heterocycles. The van der Waals surface area contributed by atoms with Gasteiger partial charge in [0.1, 0.15) is 12.2 Å². The number of nitrogens with zero attached hydrogens (tertiary/aromatic N) is 1. The molecule has 5 nitrogen and oxygen atoms in total. The van der Waals surface area contributed by atoms with Crippen LogP contribution in [-0.2, 0) is 19.1 Å². The first-order valence-electron chi connectivity index (χ1n) is 8.35. The summed E-state index contributed by atoms with van der Waals surface area (Å²) < 4.78 is 11.1. The molecule has 5 heteroatoms. The lowest BCUT2D eigenvalue weighted by Gasteiger charge is -2.27. The normalized spacial score (nSPS) is 41.3. The molecule has 2 aliphatic carbocycles. The quantitative estimate of drug-likeness (QED) is 0.733. The molecule has 0 aromatic heterocycles. The summed E-state index contributed by atoms with van der Waals surface area (Å²) in [6.07, 6.45) is 5.75.